The minimum absolute atomic E-state index is 0.137. The summed E-state index contributed by atoms with van der Waals surface area (Å²) in [5.41, 5.74) is 6.09. The fourth-order valence-corrected chi connectivity index (χ4v) is 4.57. The molecule has 2 aromatic rings. The number of sulfone groups is 1. The van der Waals surface area contributed by atoms with Crippen molar-refractivity contribution >= 4 is 21.5 Å². The molecule has 1 heterocycles. The first kappa shape index (κ1) is 23.9. The Bertz CT molecular complexity index is 1090. The van der Waals surface area contributed by atoms with Gasteiger partial charge in [0, 0.05) is 19.1 Å². The number of aliphatic hydroxyl groups excluding tert-OH is 1. The van der Waals surface area contributed by atoms with Crippen LogP contribution in [0.2, 0.25) is 0 Å². The predicted molar refractivity (Wildman–Crippen MR) is 121 cm³/mol. The maximum absolute atomic E-state index is 12.2. The van der Waals surface area contributed by atoms with E-state index in [-0.39, 0.29) is 12.5 Å². The Balaban J connectivity index is 1.68. The van der Waals surface area contributed by atoms with Crippen molar-refractivity contribution in [2.24, 2.45) is 5.16 Å². The van der Waals surface area contributed by atoms with Crippen LogP contribution in [0.1, 0.15) is 37.8 Å². The van der Waals surface area contributed by atoms with Crippen LogP contribution in [0.4, 0.5) is 0 Å². The van der Waals surface area contributed by atoms with Crippen LogP contribution in [-0.2, 0) is 25.9 Å². The van der Waals surface area contributed by atoms with Crippen LogP contribution >= 0.6 is 0 Å². The van der Waals surface area contributed by atoms with Crippen LogP contribution in [0.15, 0.2) is 53.7 Å². The first-order chi connectivity index (χ1) is 15.0. The number of hydrogen-bond acceptors (Lipinski definition) is 7. The summed E-state index contributed by atoms with van der Waals surface area (Å²) in [7, 11) is -3.81. The number of nitrogens with zero attached hydrogens (tertiary/aromatic N) is 1. The highest BCUT2D eigenvalue weighted by molar-refractivity contribution is 7.92. The molecule has 3 N–H and O–H groups in total. The summed E-state index contributed by atoms with van der Waals surface area (Å²) < 4.78 is 22.5. The molecule has 0 radical (unpaired) electrons. The van der Waals surface area contributed by atoms with Gasteiger partial charge in [0.15, 0.2) is 14.6 Å². The number of nitrogens with one attached hydrogen (secondary N) is 1. The van der Waals surface area contributed by atoms with E-state index >= 15 is 0 Å². The number of hydroxylamine groups is 1. The van der Waals surface area contributed by atoms with Crippen molar-refractivity contribution in [1.82, 2.24) is 5.48 Å². The molecule has 32 heavy (non-hydrogen) atoms. The van der Waals surface area contributed by atoms with Crippen LogP contribution in [-0.4, -0.2) is 53.6 Å². The summed E-state index contributed by atoms with van der Waals surface area (Å²) in [6.45, 7) is 3.02. The fourth-order valence-electron chi connectivity index (χ4n) is 3.70. The van der Waals surface area contributed by atoms with Crippen LogP contribution in [0.25, 0.3) is 11.1 Å². The highest BCUT2D eigenvalue weighted by Gasteiger charge is 2.47. The van der Waals surface area contributed by atoms with E-state index in [4.69, 9.17) is 10.0 Å². The molecule has 1 amide bonds. The van der Waals surface area contributed by atoms with Crippen molar-refractivity contribution in [3.8, 4) is 11.1 Å². The Morgan fingerprint density at radius 1 is 1.16 bits per heavy atom. The van der Waals surface area contributed by atoms with E-state index in [9.17, 15) is 18.3 Å². The molecule has 1 aliphatic heterocycles. The molecule has 8 nitrogen and oxygen atoms in total. The average molecular weight is 461 g/mol. The maximum Gasteiger partial charge on any atom is 0.264 e. The predicted octanol–water partition coefficient (Wildman–Crippen LogP) is 2.47. The minimum atomic E-state index is -3.81. The lowest BCUT2D eigenvalue weighted by Crippen LogP contribution is -2.51. The largest absolute Gasteiger partial charge is 0.393 e. The summed E-state index contributed by atoms with van der Waals surface area (Å²) in [5, 5.41) is 22.6. The Morgan fingerprint density at radius 3 is 2.19 bits per heavy atom. The van der Waals surface area contributed by atoms with Gasteiger partial charge >= 0.3 is 0 Å². The molecule has 3 atom stereocenters. The molecule has 0 fully saturated rings. The fraction of sp³-hybridized carbons (Fsp3) is 0.391. The zero-order valence-corrected chi connectivity index (χ0v) is 19.1. The van der Waals surface area contributed by atoms with Gasteiger partial charge in [-0.3, -0.25) is 10.0 Å². The van der Waals surface area contributed by atoms with Gasteiger partial charge in [-0.05, 0) is 42.5 Å². The summed E-state index contributed by atoms with van der Waals surface area (Å²) in [6, 6.07) is 15.8. The molecule has 0 spiro atoms. The topological polar surface area (TPSA) is 125 Å². The molecule has 0 saturated carbocycles. The summed E-state index contributed by atoms with van der Waals surface area (Å²) >= 11 is 0. The summed E-state index contributed by atoms with van der Waals surface area (Å²) in [4.78, 5) is 17.4. The van der Waals surface area contributed by atoms with Crippen molar-refractivity contribution in [1.29, 1.82) is 0 Å². The van der Waals surface area contributed by atoms with Crippen molar-refractivity contribution in [2.45, 2.75) is 50.1 Å². The molecule has 3 rings (SSSR count). The standard InChI is InChI=1S/C23H28N2O6S/c1-15(26)12-16-4-6-17(7-5-16)18-8-10-19(11-9-18)21-13-20(31-25-21)14-23(2,22(27)24-28)32(3,29)30/h4-11,15,20,26,28H,12-14H2,1-3H3,(H,24,27)/t15-,20-,23?/m1/s1. The number of rotatable bonds is 8. The normalized spacial score (nSPS) is 18.9. The second kappa shape index (κ2) is 9.40. The minimum Gasteiger partial charge on any atom is -0.393 e. The van der Waals surface area contributed by atoms with Crippen LogP contribution < -0.4 is 5.48 Å². The zero-order valence-electron chi connectivity index (χ0n) is 18.3. The first-order valence-corrected chi connectivity index (χ1v) is 12.2. The number of benzene rings is 2. The lowest BCUT2D eigenvalue weighted by molar-refractivity contribution is -0.132. The second-order valence-corrected chi connectivity index (χ2v) is 10.9. The quantitative estimate of drug-likeness (QED) is 0.411. The molecule has 0 aromatic heterocycles. The molecule has 9 heteroatoms. The van der Waals surface area contributed by atoms with Crippen molar-refractivity contribution in [3.63, 3.8) is 0 Å². The molecule has 0 saturated heterocycles. The summed E-state index contributed by atoms with van der Waals surface area (Å²) in [6.07, 6.45) is 0.779. The van der Waals surface area contributed by atoms with E-state index in [1.54, 1.807) is 6.92 Å². The molecule has 0 aliphatic carbocycles. The smallest absolute Gasteiger partial charge is 0.264 e. The Labute approximate surface area is 187 Å². The van der Waals surface area contributed by atoms with Gasteiger partial charge in [0.25, 0.3) is 5.91 Å². The zero-order chi connectivity index (χ0) is 23.5. The van der Waals surface area contributed by atoms with Gasteiger partial charge in [-0.15, -0.1) is 0 Å². The van der Waals surface area contributed by atoms with Crippen molar-refractivity contribution in [2.75, 3.05) is 6.26 Å². The third kappa shape index (κ3) is 5.17. The molecule has 172 valence electrons. The van der Waals surface area contributed by atoms with E-state index in [0.717, 1.165) is 28.5 Å². The van der Waals surface area contributed by atoms with Crippen LogP contribution in [0.3, 0.4) is 0 Å². The van der Waals surface area contributed by atoms with E-state index < -0.39 is 26.6 Å². The maximum atomic E-state index is 12.2. The van der Waals surface area contributed by atoms with E-state index in [0.29, 0.717) is 18.6 Å². The number of hydrogen-bond donors (Lipinski definition) is 3. The summed E-state index contributed by atoms with van der Waals surface area (Å²) in [5.74, 6) is -0.999. The van der Waals surface area contributed by atoms with Gasteiger partial charge in [0.2, 0.25) is 0 Å². The second-order valence-electron chi connectivity index (χ2n) is 8.45. The van der Waals surface area contributed by atoms with Crippen molar-refractivity contribution < 1.29 is 28.4 Å². The molecule has 0 bridgehead atoms. The number of carbonyl (C=O) groups excluding carboxylic acids is 1. The van der Waals surface area contributed by atoms with Gasteiger partial charge < -0.3 is 9.94 Å². The Hall–Kier alpha value is -2.75. The van der Waals surface area contributed by atoms with Gasteiger partial charge in [0.1, 0.15) is 6.10 Å². The number of amides is 1. The van der Waals surface area contributed by atoms with E-state index in [2.05, 4.69) is 5.16 Å². The average Bonchev–Trinajstić information content (AvgIpc) is 3.21. The Kier molecular flexibility index (Phi) is 7.02. The monoisotopic (exact) mass is 460 g/mol. The molecular weight excluding hydrogens is 432 g/mol. The number of aliphatic hydroxyl groups is 1. The molecule has 2 aromatic carbocycles. The SMILES string of the molecule is C[C@@H](O)Cc1ccc(-c2ccc(C3=NO[C@@H](CC(C)(C(=O)NO)S(C)(=O)=O)C3)cc2)cc1. The number of carbonyl (C=O) groups is 1. The van der Waals surface area contributed by atoms with Gasteiger partial charge in [-0.2, -0.15) is 0 Å². The van der Waals surface area contributed by atoms with E-state index in [1.165, 1.54) is 12.4 Å². The highest BCUT2D eigenvalue weighted by atomic mass is 32.2. The van der Waals surface area contributed by atoms with Gasteiger partial charge in [-0.1, -0.05) is 53.7 Å². The van der Waals surface area contributed by atoms with E-state index in [1.807, 2.05) is 48.5 Å². The lowest BCUT2D eigenvalue weighted by Gasteiger charge is -2.26. The Morgan fingerprint density at radius 2 is 1.69 bits per heavy atom. The van der Waals surface area contributed by atoms with Gasteiger partial charge in [0.05, 0.1) is 11.8 Å². The van der Waals surface area contributed by atoms with Crippen LogP contribution in [0, 0.1) is 0 Å². The van der Waals surface area contributed by atoms with Crippen molar-refractivity contribution in [3.05, 3.63) is 59.7 Å². The molecule has 1 aliphatic rings. The first-order valence-electron chi connectivity index (χ1n) is 10.3. The number of oxime groups is 1. The highest BCUT2D eigenvalue weighted by Crippen LogP contribution is 2.30. The molecule has 1 unspecified atom stereocenters. The molecular formula is C23H28N2O6S. The van der Waals surface area contributed by atoms with Crippen LogP contribution in [0.5, 0.6) is 0 Å². The lowest BCUT2D eigenvalue weighted by atomic mass is 9.95. The third-order valence-electron chi connectivity index (χ3n) is 5.79. The third-order valence-corrected chi connectivity index (χ3v) is 7.78. The van der Waals surface area contributed by atoms with Gasteiger partial charge in [-0.25, -0.2) is 13.9 Å².